The summed E-state index contributed by atoms with van der Waals surface area (Å²) in [6, 6.07) is 5.15. The molecule has 0 aliphatic carbocycles. The number of sulfonamides is 1. The Hall–Kier alpha value is -3.46. The van der Waals surface area contributed by atoms with Gasteiger partial charge in [-0.05, 0) is 68.8 Å². The molecule has 0 bridgehead atoms. The number of halogens is 4. The molecule has 3 aliphatic rings. The number of hydrogen-bond donors (Lipinski definition) is 2. The van der Waals surface area contributed by atoms with Crippen molar-refractivity contribution in [2.75, 3.05) is 50.5 Å². The molecule has 15 heteroatoms. The van der Waals surface area contributed by atoms with Gasteiger partial charge in [0, 0.05) is 43.2 Å². The van der Waals surface area contributed by atoms with Crippen molar-refractivity contribution in [3.8, 4) is 23.0 Å². The summed E-state index contributed by atoms with van der Waals surface area (Å²) in [6.07, 6.45) is 3.80. The van der Waals surface area contributed by atoms with Crippen molar-refractivity contribution in [2.45, 2.75) is 43.8 Å². The second-order valence-electron chi connectivity index (χ2n) is 12.8. The highest BCUT2D eigenvalue weighted by molar-refractivity contribution is 7.89. The van der Waals surface area contributed by atoms with E-state index < -0.39 is 33.4 Å². The van der Waals surface area contributed by atoms with Crippen LogP contribution in [0.15, 0.2) is 30.5 Å². The molecule has 0 radical (unpaired) electrons. The number of phenols is 1. The van der Waals surface area contributed by atoms with E-state index in [0.29, 0.717) is 50.1 Å². The third-order valence-electron chi connectivity index (χ3n) is 9.71. The highest BCUT2D eigenvalue weighted by atomic mass is 35.5. The molecule has 2 aromatic heterocycles. The molecule has 3 saturated heterocycles. The van der Waals surface area contributed by atoms with Crippen LogP contribution in [0.3, 0.4) is 0 Å². The summed E-state index contributed by atoms with van der Waals surface area (Å²) >= 11 is 6.35. The number of anilines is 1. The van der Waals surface area contributed by atoms with Gasteiger partial charge in [0.2, 0.25) is 10.0 Å². The van der Waals surface area contributed by atoms with Crippen LogP contribution >= 0.6 is 11.6 Å². The zero-order valence-electron chi connectivity index (χ0n) is 25.6. The van der Waals surface area contributed by atoms with E-state index in [1.54, 1.807) is 0 Å². The molecule has 5 heterocycles. The lowest BCUT2D eigenvalue weighted by molar-refractivity contribution is 0.107. The van der Waals surface area contributed by atoms with E-state index in [1.165, 1.54) is 31.4 Å². The fraction of sp³-hybridized carbons (Fsp3) is 0.469. The van der Waals surface area contributed by atoms with Crippen LogP contribution in [0.25, 0.3) is 32.9 Å². The van der Waals surface area contributed by atoms with Crippen LogP contribution in [0, 0.1) is 17.6 Å². The first kappa shape index (κ1) is 32.1. The number of nitrogens with one attached hydrogen (secondary N) is 1. The molecule has 2 N–H and O–H groups in total. The number of hydrogen-bond acceptors (Lipinski definition) is 9. The lowest BCUT2D eigenvalue weighted by atomic mass is 9.95. The van der Waals surface area contributed by atoms with Crippen molar-refractivity contribution in [3.63, 3.8) is 0 Å². The second-order valence-corrected chi connectivity index (χ2v) is 15.1. The number of alkyl halides is 1. The number of aromatic nitrogens is 3. The zero-order chi connectivity index (χ0) is 33.1. The van der Waals surface area contributed by atoms with Crippen LogP contribution in [0.2, 0.25) is 5.02 Å². The van der Waals surface area contributed by atoms with Gasteiger partial charge in [0.25, 0.3) is 0 Å². The summed E-state index contributed by atoms with van der Waals surface area (Å²) in [5.74, 6) is -1.73. The molecule has 0 amide bonds. The standard InChI is InChI=1S/C32H34ClF3N6O4S/c1-37-47(44,45)16-18-4-2-8-41(14-18)30-23-13-38-28(22-11-21(43)10-19-5-6-24(35)26(33)25(19)22)27(36)29(23)39-31(40-30)46-17-32-7-3-9-42(32)15-20(34)12-32/h5-6,10-11,13,18,20,37,43H,2-4,7-9,12,14-17H2,1H3/t18?,20-,32+/m1/s1. The van der Waals surface area contributed by atoms with Gasteiger partial charge < -0.3 is 14.7 Å². The Morgan fingerprint density at radius 3 is 2.81 bits per heavy atom. The molecule has 47 heavy (non-hydrogen) atoms. The quantitative estimate of drug-likeness (QED) is 0.257. The predicted octanol–water partition coefficient (Wildman–Crippen LogP) is 5.20. The topological polar surface area (TPSA) is 121 Å². The maximum Gasteiger partial charge on any atom is 0.319 e. The molecule has 10 nitrogen and oxygen atoms in total. The van der Waals surface area contributed by atoms with Gasteiger partial charge in [-0.1, -0.05) is 17.7 Å². The third-order valence-corrected chi connectivity index (χ3v) is 11.6. The summed E-state index contributed by atoms with van der Waals surface area (Å²) in [6.45, 7) is 2.08. The first-order valence-corrected chi connectivity index (χ1v) is 17.7. The van der Waals surface area contributed by atoms with Gasteiger partial charge in [0.05, 0.1) is 21.7 Å². The highest BCUT2D eigenvalue weighted by Gasteiger charge is 2.49. The fourth-order valence-electron chi connectivity index (χ4n) is 7.52. The Morgan fingerprint density at radius 2 is 2.00 bits per heavy atom. The van der Waals surface area contributed by atoms with Gasteiger partial charge in [-0.25, -0.2) is 26.3 Å². The Labute approximate surface area is 275 Å². The number of benzene rings is 2. The molecule has 1 unspecified atom stereocenters. The van der Waals surface area contributed by atoms with Crippen molar-refractivity contribution in [3.05, 3.63) is 47.1 Å². The molecule has 0 saturated carbocycles. The largest absolute Gasteiger partial charge is 0.508 e. The van der Waals surface area contributed by atoms with Crippen LogP contribution in [0.4, 0.5) is 19.0 Å². The molecule has 4 aromatic rings. The van der Waals surface area contributed by atoms with Gasteiger partial charge in [0.15, 0.2) is 5.82 Å². The van der Waals surface area contributed by atoms with Gasteiger partial charge in [-0.15, -0.1) is 0 Å². The fourth-order valence-corrected chi connectivity index (χ4v) is 8.85. The molecular weight excluding hydrogens is 657 g/mol. The Morgan fingerprint density at radius 1 is 1.17 bits per heavy atom. The van der Waals surface area contributed by atoms with Crippen molar-refractivity contribution in [1.29, 1.82) is 0 Å². The van der Waals surface area contributed by atoms with Crippen molar-refractivity contribution < 1.29 is 31.4 Å². The highest BCUT2D eigenvalue weighted by Crippen LogP contribution is 2.42. The molecule has 3 aliphatic heterocycles. The van der Waals surface area contributed by atoms with E-state index >= 15 is 4.39 Å². The Balaban J connectivity index is 1.34. The predicted molar refractivity (Wildman–Crippen MR) is 173 cm³/mol. The van der Waals surface area contributed by atoms with Crippen LogP contribution < -0.4 is 14.4 Å². The summed E-state index contributed by atoms with van der Waals surface area (Å²) in [5.41, 5.74) is -0.768. The van der Waals surface area contributed by atoms with Crippen LogP contribution in [0.1, 0.15) is 32.1 Å². The average molecular weight is 691 g/mol. The molecule has 2 aromatic carbocycles. The third kappa shape index (κ3) is 5.93. The Kier molecular flexibility index (Phi) is 8.34. The minimum absolute atomic E-state index is 0.0715. The molecule has 7 rings (SSSR count). The molecule has 250 valence electrons. The van der Waals surface area contributed by atoms with Crippen molar-refractivity contribution in [2.24, 2.45) is 5.92 Å². The number of phenolic OH excluding ortho intramolecular Hbond substituents is 1. The van der Waals surface area contributed by atoms with E-state index in [4.69, 9.17) is 21.3 Å². The Bertz CT molecular complexity index is 1990. The second kappa shape index (κ2) is 12.2. The van der Waals surface area contributed by atoms with Crippen LogP contribution in [-0.2, 0) is 10.0 Å². The van der Waals surface area contributed by atoms with Crippen LogP contribution in [-0.4, -0.2) is 90.7 Å². The number of rotatable bonds is 8. The van der Waals surface area contributed by atoms with Gasteiger partial charge in [0.1, 0.15) is 41.4 Å². The van der Waals surface area contributed by atoms with Gasteiger partial charge >= 0.3 is 6.01 Å². The van der Waals surface area contributed by atoms with Crippen molar-refractivity contribution in [1.82, 2.24) is 24.6 Å². The summed E-state index contributed by atoms with van der Waals surface area (Å²) in [7, 11) is -2.10. The molecule has 3 atom stereocenters. The minimum atomic E-state index is -3.48. The monoisotopic (exact) mass is 690 g/mol. The lowest BCUT2D eigenvalue weighted by Gasteiger charge is -2.34. The SMILES string of the molecule is CNS(=O)(=O)CC1CCCN(c2nc(OC[C@@]34CCCN3C[C@H](F)C4)nc3c(F)c(-c4cc(O)cc5ccc(F)c(Cl)c45)ncc23)C1. The molecular formula is C32H34ClF3N6O4S. The minimum Gasteiger partial charge on any atom is -0.508 e. The maximum atomic E-state index is 16.7. The number of fused-ring (bicyclic) bond motifs is 3. The summed E-state index contributed by atoms with van der Waals surface area (Å²) < 4.78 is 79.1. The van der Waals surface area contributed by atoms with E-state index in [0.717, 1.165) is 25.5 Å². The normalized spacial score (nSPS) is 23.6. The average Bonchev–Trinajstić information content (AvgIpc) is 3.57. The number of piperidine rings is 1. The van der Waals surface area contributed by atoms with E-state index in [-0.39, 0.29) is 62.6 Å². The lowest BCUT2D eigenvalue weighted by Crippen LogP contribution is -2.43. The van der Waals surface area contributed by atoms with Gasteiger partial charge in [-0.2, -0.15) is 9.97 Å². The maximum absolute atomic E-state index is 16.7. The van der Waals surface area contributed by atoms with Gasteiger partial charge in [-0.3, -0.25) is 9.88 Å². The zero-order valence-corrected chi connectivity index (χ0v) is 27.2. The number of nitrogens with zero attached hydrogens (tertiary/aromatic N) is 5. The summed E-state index contributed by atoms with van der Waals surface area (Å²) in [5, 5.41) is 11.1. The van der Waals surface area contributed by atoms with E-state index in [1.807, 2.05) is 4.90 Å². The first-order chi connectivity index (χ1) is 22.5. The number of aromatic hydroxyl groups is 1. The number of pyridine rings is 1. The smallest absolute Gasteiger partial charge is 0.319 e. The summed E-state index contributed by atoms with van der Waals surface area (Å²) in [4.78, 5) is 17.6. The van der Waals surface area contributed by atoms with E-state index in [2.05, 4.69) is 19.6 Å². The van der Waals surface area contributed by atoms with Crippen molar-refractivity contribution >= 4 is 49.1 Å². The number of ether oxygens (including phenoxy) is 1. The molecule has 3 fully saturated rings. The molecule has 0 spiro atoms. The first-order valence-electron chi connectivity index (χ1n) is 15.6. The van der Waals surface area contributed by atoms with E-state index in [9.17, 15) is 22.3 Å². The van der Waals surface area contributed by atoms with Crippen LogP contribution in [0.5, 0.6) is 11.8 Å².